The van der Waals surface area contributed by atoms with Crippen molar-refractivity contribution in [3.8, 4) is 5.75 Å². The van der Waals surface area contributed by atoms with Crippen molar-refractivity contribution < 1.29 is 27.1 Å². The molecule has 0 radical (unpaired) electrons. The summed E-state index contributed by atoms with van der Waals surface area (Å²) >= 11 is 0. The van der Waals surface area contributed by atoms with E-state index in [1.165, 1.54) is 13.2 Å². The van der Waals surface area contributed by atoms with Gasteiger partial charge in [-0.3, -0.25) is 4.79 Å². The lowest BCUT2D eigenvalue weighted by Crippen LogP contribution is -2.07. The Hall–Kier alpha value is -2.37. The van der Waals surface area contributed by atoms with E-state index in [1.54, 1.807) is 0 Å². The van der Waals surface area contributed by atoms with Crippen LogP contribution in [0.15, 0.2) is 30.3 Å². The molecule has 0 spiro atoms. The number of ketones is 1. The van der Waals surface area contributed by atoms with Gasteiger partial charge in [0.25, 0.3) is 0 Å². The summed E-state index contributed by atoms with van der Waals surface area (Å²) in [6.45, 7) is 0. The second-order valence-corrected chi connectivity index (χ2v) is 3.93. The molecule has 2 rings (SSSR count). The Morgan fingerprint density at radius 3 is 2.05 bits per heavy atom. The lowest BCUT2D eigenvalue weighted by atomic mass is 10.0. The Morgan fingerprint density at radius 1 is 0.950 bits per heavy atom. The lowest BCUT2D eigenvalue weighted by Gasteiger charge is -2.06. The van der Waals surface area contributed by atoms with Gasteiger partial charge in [0, 0.05) is 11.6 Å². The number of hydrogen-bond acceptors (Lipinski definition) is 2. The van der Waals surface area contributed by atoms with Crippen molar-refractivity contribution in [2.45, 2.75) is 0 Å². The molecule has 0 aliphatic carbocycles. The molecular weight excluding hydrogens is 276 g/mol. The van der Waals surface area contributed by atoms with Crippen LogP contribution in [0.3, 0.4) is 0 Å². The van der Waals surface area contributed by atoms with Gasteiger partial charge < -0.3 is 4.74 Å². The molecule has 0 heterocycles. The first-order valence-electron chi connectivity index (χ1n) is 5.47. The molecule has 0 N–H and O–H groups in total. The summed E-state index contributed by atoms with van der Waals surface area (Å²) in [6, 6.07) is 4.44. The quantitative estimate of drug-likeness (QED) is 0.490. The molecule has 6 heteroatoms. The van der Waals surface area contributed by atoms with Crippen LogP contribution in [0.5, 0.6) is 5.75 Å². The number of rotatable bonds is 3. The third-order valence-electron chi connectivity index (χ3n) is 2.67. The number of carbonyl (C=O) groups excluding carboxylic acids is 1. The molecule has 2 aromatic carbocycles. The van der Waals surface area contributed by atoms with Crippen LogP contribution in [0.2, 0.25) is 0 Å². The average Bonchev–Trinajstić information content (AvgIpc) is 2.43. The summed E-state index contributed by atoms with van der Waals surface area (Å²) < 4.78 is 57.4. The van der Waals surface area contributed by atoms with Gasteiger partial charge in [0.15, 0.2) is 23.2 Å². The van der Waals surface area contributed by atoms with Crippen LogP contribution < -0.4 is 4.74 Å². The first-order valence-corrected chi connectivity index (χ1v) is 5.47. The van der Waals surface area contributed by atoms with E-state index < -0.39 is 40.2 Å². The third-order valence-corrected chi connectivity index (χ3v) is 2.67. The fraction of sp³-hybridized carbons (Fsp3) is 0.0714. The number of methoxy groups -OCH3 is 1. The maximum Gasteiger partial charge on any atom is 0.196 e. The summed E-state index contributed by atoms with van der Waals surface area (Å²) in [5, 5.41) is 0. The van der Waals surface area contributed by atoms with Crippen molar-refractivity contribution in [1.82, 2.24) is 0 Å². The second-order valence-electron chi connectivity index (χ2n) is 3.93. The summed E-state index contributed by atoms with van der Waals surface area (Å²) in [6.07, 6.45) is 0. The molecule has 0 unspecified atom stereocenters. The Bertz CT molecular complexity index is 660. The van der Waals surface area contributed by atoms with Gasteiger partial charge >= 0.3 is 0 Å². The maximum absolute atomic E-state index is 13.7. The van der Waals surface area contributed by atoms with E-state index in [0.29, 0.717) is 12.1 Å². The highest BCUT2D eigenvalue weighted by atomic mass is 19.2. The van der Waals surface area contributed by atoms with Crippen molar-refractivity contribution >= 4 is 5.78 Å². The van der Waals surface area contributed by atoms with Crippen molar-refractivity contribution in [2.24, 2.45) is 0 Å². The molecule has 0 aromatic heterocycles. The van der Waals surface area contributed by atoms with Crippen LogP contribution in [0.4, 0.5) is 17.6 Å². The number of hydrogen-bond donors (Lipinski definition) is 0. The average molecular weight is 284 g/mol. The molecule has 0 atom stereocenters. The predicted molar refractivity (Wildman–Crippen MR) is 62.7 cm³/mol. The monoisotopic (exact) mass is 284 g/mol. The van der Waals surface area contributed by atoms with Crippen LogP contribution in [0.1, 0.15) is 15.9 Å². The predicted octanol–water partition coefficient (Wildman–Crippen LogP) is 3.48. The molecule has 2 nitrogen and oxygen atoms in total. The molecule has 2 aromatic rings. The Balaban J connectivity index is 2.46. The zero-order valence-electron chi connectivity index (χ0n) is 10.2. The number of carbonyl (C=O) groups is 1. The highest BCUT2D eigenvalue weighted by Gasteiger charge is 2.19. The van der Waals surface area contributed by atoms with E-state index in [-0.39, 0.29) is 5.75 Å². The van der Waals surface area contributed by atoms with Gasteiger partial charge in [-0.25, -0.2) is 17.6 Å². The van der Waals surface area contributed by atoms with E-state index in [1.807, 2.05) is 0 Å². The first-order chi connectivity index (χ1) is 9.43. The number of ether oxygens (including phenoxy) is 1. The fourth-order valence-corrected chi connectivity index (χ4v) is 1.65. The highest BCUT2D eigenvalue weighted by Crippen LogP contribution is 2.21. The van der Waals surface area contributed by atoms with Crippen LogP contribution in [-0.2, 0) is 0 Å². The fourth-order valence-electron chi connectivity index (χ4n) is 1.65. The molecule has 0 fully saturated rings. The molecule has 0 bridgehead atoms. The van der Waals surface area contributed by atoms with E-state index in [4.69, 9.17) is 4.74 Å². The van der Waals surface area contributed by atoms with Gasteiger partial charge in [-0.05, 0) is 24.3 Å². The summed E-state index contributed by atoms with van der Waals surface area (Å²) in [7, 11) is 1.32. The normalized spacial score (nSPS) is 10.4. The smallest absolute Gasteiger partial charge is 0.196 e. The van der Waals surface area contributed by atoms with Gasteiger partial charge in [-0.1, -0.05) is 0 Å². The van der Waals surface area contributed by atoms with Crippen molar-refractivity contribution in [2.75, 3.05) is 7.11 Å². The summed E-state index contributed by atoms with van der Waals surface area (Å²) in [5.74, 6) is -6.38. The molecule has 104 valence electrons. The molecule has 20 heavy (non-hydrogen) atoms. The third kappa shape index (κ3) is 2.49. The largest absolute Gasteiger partial charge is 0.497 e. The minimum Gasteiger partial charge on any atom is -0.497 e. The maximum atomic E-state index is 13.7. The Kier molecular flexibility index (Phi) is 3.74. The molecule has 0 aliphatic rings. The SMILES string of the molecule is COc1ccc(C(=O)c2cc(F)c(F)c(F)c2)c(F)c1. The molecule has 0 aliphatic heterocycles. The second kappa shape index (κ2) is 5.32. The zero-order valence-corrected chi connectivity index (χ0v) is 10.2. The standard InChI is InChI=1S/C14H8F4O2/c1-20-8-2-3-9(10(15)6-8)14(19)7-4-11(16)13(18)12(17)5-7/h2-6H,1H3. The van der Waals surface area contributed by atoms with E-state index >= 15 is 0 Å². The van der Waals surface area contributed by atoms with Crippen LogP contribution in [0.25, 0.3) is 0 Å². The van der Waals surface area contributed by atoms with Gasteiger partial charge in [-0.15, -0.1) is 0 Å². The Morgan fingerprint density at radius 2 is 1.55 bits per heavy atom. The summed E-state index contributed by atoms with van der Waals surface area (Å²) in [5.41, 5.74) is -0.873. The van der Waals surface area contributed by atoms with E-state index in [0.717, 1.165) is 12.1 Å². The first kappa shape index (κ1) is 14.0. The van der Waals surface area contributed by atoms with Crippen LogP contribution >= 0.6 is 0 Å². The number of benzene rings is 2. The van der Waals surface area contributed by atoms with Crippen LogP contribution in [-0.4, -0.2) is 12.9 Å². The highest BCUT2D eigenvalue weighted by molar-refractivity contribution is 6.09. The molecule has 0 saturated heterocycles. The number of halogens is 4. The summed E-state index contributed by atoms with van der Waals surface area (Å²) in [4.78, 5) is 11.9. The minimum atomic E-state index is -1.68. The van der Waals surface area contributed by atoms with Gasteiger partial charge in [0.1, 0.15) is 11.6 Å². The van der Waals surface area contributed by atoms with Crippen LogP contribution in [0, 0.1) is 23.3 Å². The molecule has 0 saturated carbocycles. The Labute approximate surface area is 111 Å². The van der Waals surface area contributed by atoms with Gasteiger partial charge in [-0.2, -0.15) is 0 Å². The minimum absolute atomic E-state index is 0.190. The van der Waals surface area contributed by atoms with E-state index in [9.17, 15) is 22.4 Å². The lowest BCUT2D eigenvalue weighted by molar-refractivity contribution is 0.103. The molecule has 0 amide bonds. The zero-order chi connectivity index (χ0) is 14.9. The topological polar surface area (TPSA) is 26.3 Å². The molecular formula is C14H8F4O2. The van der Waals surface area contributed by atoms with Gasteiger partial charge in [0.2, 0.25) is 0 Å². The van der Waals surface area contributed by atoms with Crippen molar-refractivity contribution in [1.29, 1.82) is 0 Å². The van der Waals surface area contributed by atoms with Crippen molar-refractivity contribution in [3.05, 3.63) is 64.7 Å². The van der Waals surface area contributed by atoms with Gasteiger partial charge in [0.05, 0.1) is 12.7 Å². The van der Waals surface area contributed by atoms with Crippen molar-refractivity contribution in [3.63, 3.8) is 0 Å². The van der Waals surface area contributed by atoms with E-state index in [2.05, 4.69) is 0 Å².